The van der Waals surface area contributed by atoms with E-state index in [-0.39, 0.29) is 11.4 Å². The molecule has 5 N–H and O–H groups in total. The topological polar surface area (TPSA) is 147 Å². The zero-order valence-corrected chi connectivity index (χ0v) is 12.1. The van der Waals surface area contributed by atoms with Crippen molar-refractivity contribution in [3.63, 3.8) is 0 Å². The highest BCUT2D eigenvalue weighted by atomic mass is 32.2. The van der Waals surface area contributed by atoms with Gasteiger partial charge < -0.3 is 5.11 Å². The Labute approximate surface area is 117 Å². The van der Waals surface area contributed by atoms with Gasteiger partial charge in [0.1, 0.15) is 5.25 Å². The predicted molar refractivity (Wildman–Crippen MR) is 72.1 cm³/mol. The highest BCUT2D eigenvalue weighted by Gasteiger charge is 2.26. The van der Waals surface area contributed by atoms with E-state index in [2.05, 4.69) is 5.43 Å². The van der Waals surface area contributed by atoms with E-state index in [0.717, 1.165) is 12.1 Å². The first-order chi connectivity index (χ1) is 9.22. The Bertz CT molecular complexity index is 639. The summed E-state index contributed by atoms with van der Waals surface area (Å²) in [6.45, 7) is -0.611. The van der Waals surface area contributed by atoms with Crippen molar-refractivity contribution < 1.29 is 26.5 Å². The van der Waals surface area contributed by atoms with Crippen LogP contribution >= 0.6 is 0 Å². The van der Waals surface area contributed by atoms with E-state index in [0.29, 0.717) is 5.56 Å². The van der Waals surface area contributed by atoms with Crippen molar-refractivity contribution in [2.24, 2.45) is 5.84 Å². The molecular formula is C10H16N2O6S2. The molecule has 0 aromatic heterocycles. The fourth-order valence-corrected chi connectivity index (χ4v) is 3.62. The zero-order chi connectivity index (χ0) is 15.4. The summed E-state index contributed by atoms with van der Waals surface area (Å²) in [6.07, 6.45) is 0. The van der Waals surface area contributed by atoms with Crippen molar-refractivity contribution >= 4 is 20.0 Å². The molecule has 10 heteroatoms. The lowest BCUT2D eigenvalue weighted by Gasteiger charge is -2.17. The molecule has 0 aliphatic carbocycles. The van der Waals surface area contributed by atoms with Crippen LogP contribution in [0.3, 0.4) is 0 Å². The summed E-state index contributed by atoms with van der Waals surface area (Å²) < 4.78 is 54.6. The molecule has 0 fully saturated rings. The predicted octanol–water partition coefficient (Wildman–Crippen LogP) is -1.16. The standard InChI is InChI=1S/C10H16N2O6S2/c11-12-7-10(19(14,15)6-5-13)8-1-3-9(4-2-8)20(16,17)18/h1-4,10,12-13H,5-7,11H2,(H,16,17,18). The van der Waals surface area contributed by atoms with Gasteiger partial charge in [0.2, 0.25) is 0 Å². The first-order valence-electron chi connectivity index (χ1n) is 5.55. The maximum absolute atomic E-state index is 12.0. The van der Waals surface area contributed by atoms with Crippen LogP contribution in [0.15, 0.2) is 29.2 Å². The number of aliphatic hydroxyl groups excluding tert-OH is 1. The second-order valence-electron chi connectivity index (χ2n) is 4.03. The highest BCUT2D eigenvalue weighted by Crippen LogP contribution is 2.23. The van der Waals surface area contributed by atoms with Gasteiger partial charge >= 0.3 is 0 Å². The molecule has 114 valence electrons. The van der Waals surface area contributed by atoms with Gasteiger partial charge in [0.25, 0.3) is 10.1 Å². The molecule has 0 bridgehead atoms. The molecule has 20 heavy (non-hydrogen) atoms. The van der Waals surface area contributed by atoms with E-state index < -0.39 is 37.6 Å². The van der Waals surface area contributed by atoms with Gasteiger partial charge in [-0.3, -0.25) is 15.8 Å². The average molecular weight is 324 g/mol. The Morgan fingerprint density at radius 2 is 1.70 bits per heavy atom. The van der Waals surface area contributed by atoms with Gasteiger partial charge in [-0.25, -0.2) is 8.42 Å². The zero-order valence-electron chi connectivity index (χ0n) is 10.4. The van der Waals surface area contributed by atoms with E-state index in [9.17, 15) is 16.8 Å². The summed E-state index contributed by atoms with van der Waals surface area (Å²) in [5, 5.41) is 7.76. The lowest BCUT2D eigenvalue weighted by atomic mass is 10.1. The van der Waals surface area contributed by atoms with Crippen molar-refractivity contribution in [3.05, 3.63) is 29.8 Å². The summed E-state index contributed by atoms with van der Waals surface area (Å²) in [4.78, 5) is -0.333. The fourth-order valence-electron chi connectivity index (χ4n) is 1.68. The van der Waals surface area contributed by atoms with Crippen LogP contribution in [0.2, 0.25) is 0 Å². The van der Waals surface area contributed by atoms with Crippen molar-refractivity contribution in [3.8, 4) is 0 Å². The molecule has 0 saturated carbocycles. The second kappa shape index (κ2) is 6.61. The van der Waals surface area contributed by atoms with Gasteiger partial charge in [-0.2, -0.15) is 8.42 Å². The highest BCUT2D eigenvalue weighted by molar-refractivity contribution is 7.91. The van der Waals surface area contributed by atoms with Gasteiger partial charge in [0.05, 0.1) is 17.3 Å². The number of hydrogen-bond donors (Lipinski definition) is 4. The van der Waals surface area contributed by atoms with Crippen LogP contribution in [0.1, 0.15) is 10.8 Å². The van der Waals surface area contributed by atoms with Crippen molar-refractivity contribution in [2.75, 3.05) is 18.9 Å². The summed E-state index contributed by atoms with van der Waals surface area (Å²) in [6, 6.07) is 4.76. The maximum atomic E-state index is 12.0. The summed E-state index contributed by atoms with van der Waals surface area (Å²) in [5.74, 6) is 4.71. The number of hydrazine groups is 1. The molecule has 0 aliphatic rings. The van der Waals surface area contributed by atoms with Gasteiger partial charge in [-0.15, -0.1) is 0 Å². The fraction of sp³-hybridized carbons (Fsp3) is 0.400. The van der Waals surface area contributed by atoms with Gasteiger partial charge in [-0.1, -0.05) is 12.1 Å². The molecule has 0 spiro atoms. The second-order valence-corrected chi connectivity index (χ2v) is 7.76. The molecule has 8 nitrogen and oxygen atoms in total. The van der Waals surface area contributed by atoms with E-state index in [4.69, 9.17) is 15.5 Å². The number of sulfone groups is 1. The number of hydrogen-bond acceptors (Lipinski definition) is 7. The third-order valence-corrected chi connectivity index (χ3v) is 5.59. The monoisotopic (exact) mass is 324 g/mol. The van der Waals surface area contributed by atoms with Crippen LogP contribution in [0.5, 0.6) is 0 Å². The van der Waals surface area contributed by atoms with E-state index in [1.807, 2.05) is 0 Å². The number of nitrogens with two attached hydrogens (primary N) is 1. The van der Waals surface area contributed by atoms with Crippen LogP contribution in [0.4, 0.5) is 0 Å². The van der Waals surface area contributed by atoms with Crippen LogP contribution < -0.4 is 11.3 Å². The Hall–Kier alpha value is -1.04. The minimum absolute atomic E-state index is 0.0897. The molecule has 1 atom stereocenters. The molecule has 1 aromatic carbocycles. The molecule has 0 aliphatic heterocycles. The Morgan fingerprint density at radius 1 is 1.15 bits per heavy atom. The van der Waals surface area contributed by atoms with Crippen LogP contribution in [0.25, 0.3) is 0 Å². The molecule has 0 heterocycles. The van der Waals surface area contributed by atoms with Crippen molar-refractivity contribution in [2.45, 2.75) is 10.1 Å². The molecule has 1 aromatic rings. The Kier molecular flexibility index (Phi) is 5.62. The number of aliphatic hydroxyl groups is 1. The first-order valence-corrected chi connectivity index (χ1v) is 8.71. The minimum atomic E-state index is -4.33. The van der Waals surface area contributed by atoms with Gasteiger partial charge in [0, 0.05) is 6.54 Å². The van der Waals surface area contributed by atoms with Gasteiger partial charge in [0.15, 0.2) is 9.84 Å². The van der Waals surface area contributed by atoms with Crippen molar-refractivity contribution in [1.82, 2.24) is 5.43 Å². The minimum Gasteiger partial charge on any atom is -0.395 e. The lowest BCUT2D eigenvalue weighted by molar-refractivity contribution is 0.319. The molecule has 0 radical (unpaired) electrons. The summed E-state index contributed by atoms with van der Waals surface area (Å²) in [5.41, 5.74) is 2.56. The van der Waals surface area contributed by atoms with Crippen LogP contribution in [-0.4, -0.2) is 45.4 Å². The van der Waals surface area contributed by atoms with Crippen LogP contribution in [-0.2, 0) is 20.0 Å². The summed E-state index contributed by atoms with van der Waals surface area (Å²) in [7, 11) is -7.97. The third-order valence-electron chi connectivity index (χ3n) is 2.66. The normalized spacial score (nSPS) is 14.2. The average Bonchev–Trinajstić information content (AvgIpc) is 2.35. The number of benzene rings is 1. The van der Waals surface area contributed by atoms with Crippen LogP contribution in [0, 0.1) is 0 Å². The maximum Gasteiger partial charge on any atom is 0.294 e. The Morgan fingerprint density at radius 3 is 2.10 bits per heavy atom. The largest absolute Gasteiger partial charge is 0.395 e. The quantitative estimate of drug-likeness (QED) is 0.279. The van der Waals surface area contributed by atoms with E-state index >= 15 is 0 Å². The molecule has 0 saturated heterocycles. The summed E-state index contributed by atoms with van der Waals surface area (Å²) >= 11 is 0. The third kappa shape index (κ3) is 4.23. The Balaban J connectivity index is 3.17. The molecule has 1 rings (SSSR count). The SMILES string of the molecule is NNCC(c1ccc(S(=O)(=O)O)cc1)S(=O)(=O)CCO. The molecular weight excluding hydrogens is 308 g/mol. The molecule has 1 unspecified atom stereocenters. The number of nitrogens with one attached hydrogen (secondary N) is 1. The number of rotatable bonds is 7. The molecule has 0 amide bonds. The smallest absolute Gasteiger partial charge is 0.294 e. The van der Waals surface area contributed by atoms with Crippen molar-refractivity contribution in [1.29, 1.82) is 0 Å². The van der Waals surface area contributed by atoms with E-state index in [1.54, 1.807) is 0 Å². The lowest BCUT2D eigenvalue weighted by Crippen LogP contribution is -2.33. The first kappa shape index (κ1) is 17.0. The van der Waals surface area contributed by atoms with E-state index in [1.165, 1.54) is 12.1 Å². The van der Waals surface area contributed by atoms with Gasteiger partial charge in [-0.05, 0) is 17.7 Å².